The highest BCUT2D eigenvalue weighted by Gasteiger charge is 2.15. The summed E-state index contributed by atoms with van der Waals surface area (Å²) in [5.74, 6) is 2.89. The molecule has 0 saturated heterocycles. The molecular weight excluding hydrogens is 469 g/mol. The van der Waals surface area contributed by atoms with Crippen molar-refractivity contribution in [2.24, 2.45) is 4.99 Å². The lowest BCUT2D eigenvalue weighted by Gasteiger charge is -2.22. The number of guanidine groups is 1. The number of oxazole rings is 1. The first-order chi connectivity index (χ1) is 13.1. The summed E-state index contributed by atoms with van der Waals surface area (Å²) in [6, 6.07) is 3.98. The van der Waals surface area contributed by atoms with Crippen molar-refractivity contribution in [3.05, 3.63) is 41.2 Å². The Morgan fingerprint density at radius 1 is 1.21 bits per heavy atom. The van der Waals surface area contributed by atoms with Crippen molar-refractivity contribution in [3.8, 4) is 5.88 Å². The topological polar surface area (TPSA) is 84.6 Å². The second-order valence-electron chi connectivity index (χ2n) is 6.91. The van der Waals surface area contributed by atoms with E-state index in [1.165, 1.54) is 19.3 Å². The first kappa shape index (κ1) is 22.4. The van der Waals surface area contributed by atoms with Gasteiger partial charge < -0.3 is 19.8 Å². The SMILES string of the molecule is CN=C(NCc1ccnc(OC2CCCCC2)c1)NCc1nc(C)c(C)o1.I. The van der Waals surface area contributed by atoms with Crippen LogP contribution in [0, 0.1) is 13.8 Å². The number of hydrogen-bond donors (Lipinski definition) is 2. The molecule has 3 rings (SSSR count). The van der Waals surface area contributed by atoms with Crippen LogP contribution >= 0.6 is 24.0 Å². The fourth-order valence-corrected chi connectivity index (χ4v) is 3.16. The van der Waals surface area contributed by atoms with Crippen LogP contribution in [-0.2, 0) is 13.1 Å². The fraction of sp³-hybridized carbons (Fsp3) is 0.550. The number of aromatic nitrogens is 2. The molecular formula is C20H30IN5O2. The second-order valence-corrected chi connectivity index (χ2v) is 6.91. The molecule has 1 aliphatic carbocycles. The first-order valence-corrected chi connectivity index (χ1v) is 9.63. The lowest BCUT2D eigenvalue weighted by Crippen LogP contribution is -2.36. The van der Waals surface area contributed by atoms with Gasteiger partial charge in [-0.2, -0.15) is 0 Å². The highest BCUT2D eigenvalue weighted by molar-refractivity contribution is 14.0. The Hall–Kier alpha value is -1.84. The Balaban J connectivity index is 0.00000280. The Morgan fingerprint density at radius 3 is 2.64 bits per heavy atom. The summed E-state index contributed by atoms with van der Waals surface area (Å²) in [5.41, 5.74) is 2.01. The van der Waals surface area contributed by atoms with Gasteiger partial charge in [-0.05, 0) is 51.2 Å². The van der Waals surface area contributed by atoms with Crippen molar-refractivity contribution in [1.29, 1.82) is 0 Å². The molecule has 1 saturated carbocycles. The van der Waals surface area contributed by atoms with Gasteiger partial charge in [0.1, 0.15) is 11.9 Å². The van der Waals surface area contributed by atoms with E-state index >= 15 is 0 Å². The van der Waals surface area contributed by atoms with Crippen LogP contribution in [0.25, 0.3) is 0 Å². The van der Waals surface area contributed by atoms with Crippen LogP contribution in [0.5, 0.6) is 5.88 Å². The maximum absolute atomic E-state index is 6.04. The number of ether oxygens (including phenoxy) is 1. The van der Waals surface area contributed by atoms with Crippen LogP contribution in [0.1, 0.15) is 55.0 Å². The van der Waals surface area contributed by atoms with Crippen LogP contribution in [0.15, 0.2) is 27.7 Å². The average Bonchev–Trinajstić information content (AvgIpc) is 3.01. The predicted molar refractivity (Wildman–Crippen MR) is 120 cm³/mol. The second kappa shape index (κ2) is 11.2. The number of pyridine rings is 1. The van der Waals surface area contributed by atoms with Crippen molar-refractivity contribution >= 4 is 29.9 Å². The van der Waals surface area contributed by atoms with Crippen molar-refractivity contribution in [3.63, 3.8) is 0 Å². The normalized spacial score (nSPS) is 15.0. The highest BCUT2D eigenvalue weighted by atomic mass is 127. The van der Waals surface area contributed by atoms with Crippen molar-refractivity contribution < 1.29 is 9.15 Å². The van der Waals surface area contributed by atoms with E-state index in [9.17, 15) is 0 Å². The Labute approximate surface area is 183 Å². The van der Waals surface area contributed by atoms with Crippen LogP contribution in [-0.4, -0.2) is 29.1 Å². The molecule has 2 aromatic rings. The molecule has 0 aliphatic heterocycles. The summed E-state index contributed by atoms with van der Waals surface area (Å²) in [6.45, 7) is 4.97. The Bertz CT molecular complexity index is 752. The first-order valence-electron chi connectivity index (χ1n) is 9.63. The third-order valence-electron chi connectivity index (χ3n) is 4.80. The number of aliphatic imine (C=N–C) groups is 1. The van der Waals surface area contributed by atoms with Gasteiger partial charge >= 0.3 is 0 Å². The average molecular weight is 499 g/mol. The van der Waals surface area contributed by atoms with Gasteiger partial charge in [-0.1, -0.05) is 6.42 Å². The molecule has 154 valence electrons. The minimum absolute atomic E-state index is 0. The molecule has 2 N–H and O–H groups in total. The number of nitrogens with one attached hydrogen (secondary N) is 2. The van der Waals surface area contributed by atoms with Crippen LogP contribution in [0.3, 0.4) is 0 Å². The minimum atomic E-state index is 0. The van der Waals surface area contributed by atoms with Crippen LogP contribution < -0.4 is 15.4 Å². The van der Waals surface area contributed by atoms with Crippen molar-refractivity contribution in [2.75, 3.05) is 7.05 Å². The van der Waals surface area contributed by atoms with Gasteiger partial charge in [0.25, 0.3) is 0 Å². The van der Waals surface area contributed by atoms with E-state index < -0.39 is 0 Å². The molecule has 0 spiro atoms. The summed E-state index contributed by atoms with van der Waals surface area (Å²) in [6.07, 6.45) is 8.16. The van der Waals surface area contributed by atoms with Crippen LogP contribution in [0.2, 0.25) is 0 Å². The monoisotopic (exact) mass is 499 g/mol. The summed E-state index contributed by atoms with van der Waals surface area (Å²) in [4.78, 5) is 13.0. The third kappa shape index (κ3) is 6.65. The fourth-order valence-electron chi connectivity index (χ4n) is 3.16. The molecule has 0 aromatic carbocycles. The summed E-state index contributed by atoms with van der Waals surface area (Å²) in [5, 5.41) is 6.51. The standard InChI is InChI=1S/C20H29N5O2.HI/c1-14-15(2)26-19(25-14)13-24-20(21-3)23-12-16-9-10-22-18(11-16)27-17-7-5-4-6-8-17;/h9-11,17H,4-8,12-13H2,1-3H3,(H2,21,23,24);1H. The molecule has 0 amide bonds. The smallest absolute Gasteiger partial charge is 0.214 e. The minimum Gasteiger partial charge on any atom is -0.474 e. The maximum Gasteiger partial charge on any atom is 0.214 e. The molecule has 0 radical (unpaired) electrons. The van der Waals surface area contributed by atoms with E-state index in [1.54, 1.807) is 13.2 Å². The Morgan fingerprint density at radius 2 is 1.96 bits per heavy atom. The number of aryl methyl sites for hydroxylation is 2. The molecule has 0 bridgehead atoms. The summed E-state index contributed by atoms with van der Waals surface area (Å²) < 4.78 is 11.6. The quantitative estimate of drug-likeness (QED) is 0.357. The van der Waals surface area contributed by atoms with Gasteiger partial charge in [0, 0.05) is 25.9 Å². The molecule has 0 atom stereocenters. The predicted octanol–water partition coefficient (Wildman–Crippen LogP) is 3.88. The summed E-state index contributed by atoms with van der Waals surface area (Å²) in [7, 11) is 1.74. The van der Waals surface area contributed by atoms with Gasteiger partial charge in [-0.25, -0.2) is 9.97 Å². The zero-order valence-electron chi connectivity index (χ0n) is 16.8. The van der Waals surface area contributed by atoms with Gasteiger partial charge in [0.2, 0.25) is 11.8 Å². The van der Waals surface area contributed by atoms with Gasteiger partial charge in [-0.3, -0.25) is 4.99 Å². The van der Waals surface area contributed by atoms with E-state index in [1.807, 2.05) is 26.0 Å². The van der Waals surface area contributed by atoms with E-state index in [0.29, 0.717) is 36.9 Å². The lowest BCUT2D eigenvalue weighted by molar-refractivity contribution is 0.148. The van der Waals surface area contributed by atoms with E-state index in [-0.39, 0.29) is 24.0 Å². The summed E-state index contributed by atoms with van der Waals surface area (Å²) >= 11 is 0. The Kier molecular flexibility index (Phi) is 9.01. The molecule has 2 heterocycles. The van der Waals surface area contributed by atoms with E-state index in [4.69, 9.17) is 9.15 Å². The number of hydrogen-bond acceptors (Lipinski definition) is 5. The molecule has 28 heavy (non-hydrogen) atoms. The number of nitrogens with zero attached hydrogens (tertiary/aromatic N) is 3. The van der Waals surface area contributed by atoms with Crippen molar-refractivity contribution in [2.45, 2.75) is 65.1 Å². The van der Waals surface area contributed by atoms with E-state index in [0.717, 1.165) is 29.9 Å². The molecule has 0 unspecified atom stereocenters. The molecule has 2 aromatic heterocycles. The highest BCUT2D eigenvalue weighted by Crippen LogP contribution is 2.22. The van der Waals surface area contributed by atoms with Gasteiger partial charge in [0.15, 0.2) is 5.96 Å². The molecule has 1 fully saturated rings. The van der Waals surface area contributed by atoms with Crippen LogP contribution in [0.4, 0.5) is 0 Å². The van der Waals surface area contributed by atoms with E-state index in [2.05, 4.69) is 25.6 Å². The lowest BCUT2D eigenvalue weighted by atomic mass is 9.98. The largest absolute Gasteiger partial charge is 0.474 e. The number of rotatable bonds is 6. The van der Waals surface area contributed by atoms with Gasteiger partial charge in [-0.15, -0.1) is 24.0 Å². The maximum atomic E-state index is 6.04. The molecule has 1 aliphatic rings. The number of halogens is 1. The zero-order chi connectivity index (χ0) is 19.1. The van der Waals surface area contributed by atoms with Gasteiger partial charge in [0.05, 0.1) is 12.2 Å². The molecule has 8 heteroatoms. The molecule has 7 nitrogen and oxygen atoms in total. The third-order valence-corrected chi connectivity index (χ3v) is 4.80. The zero-order valence-corrected chi connectivity index (χ0v) is 19.2. The van der Waals surface area contributed by atoms with Crippen molar-refractivity contribution in [1.82, 2.24) is 20.6 Å².